The third-order valence-corrected chi connectivity index (χ3v) is 11.3. The van der Waals surface area contributed by atoms with Gasteiger partial charge in [0.25, 0.3) is 0 Å². The average Bonchev–Trinajstić information content (AvgIpc) is 3.48. The van der Waals surface area contributed by atoms with Crippen LogP contribution in [0.4, 0.5) is 0 Å². The second kappa shape index (κ2) is 30.6. The molecule has 238 valence electrons. The van der Waals surface area contributed by atoms with Gasteiger partial charge >= 0.3 is 0 Å². The summed E-state index contributed by atoms with van der Waals surface area (Å²) in [5, 5.41) is 3.83. The Kier molecular flexibility index (Phi) is 29.2. The minimum absolute atomic E-state index is 0.267. The smallest absolute Gasteiger partial charge is 0.220 e. The maximum absolute atomic E-state index is 12.5. The summed E-state index contributed by atoms with van der Waals surface area (Å²) < 4.78 is 0. The molecule has 0 radical (unpaired) electrons. The molecule has 1 unspecified atom stereocenters. The van der Waals surface area contributed by atoms with Gasteiger partial charge in [-0.2, -0.15) is 23.5 Å². The molecule has 0 aromatic carbocycles. The van der Waals surface area contributed by atoms with E-state index < -0.39 is 0 Å². The molecule has 1 N–H and O–H groups in total. The summed E-state index contributed by atoms with van der Waals surface area (Å²) in [6.07, 6.45) is 32.6. The Morgan fingerprint density at radius 3 is 1.68 bits per heavy atom. The lowest BCUT2D eigenvalue weighted by Gasteiger charge is -2.17. The van der Waals surface area contributed by atoms with Gasteiger partial charge in [-0.15, -0.1) is 0 Å². The Labute approximate surface area is 260 Å². The van der Waals surface area contributed by atoms with E-state index in [4.69, 9.17) is 0 Å². The molecule has 1 fully saturated rings. The second-order valence-electron chi connectivity index (χ2n) is 12.4. The van der Waals surface area contributed by atoms with E-state index in [-0.39, 0.29) is 5.91 Å². The molecule has 5 heteroatoms. The van der Waals surface area contributed by atoms with Gasteiger partial charge in [0.1, 0.15) is 0 Å². The van der Waals surface area contributed by atoms with Crippen molar-refractivity contribution in [3.8, 4) is 0 Å². The van der Waals surface area contributed by atoms with Crippen molar-refractivity contribution >= 4 is 29.4 Å². The fourth-order valence-corrected chi connectivity index (χ4v) is 8.37. The third-order valence-electron chi connectivity index (χ3n) is 8.44. The van der Waals surface area contributed by atoms with Crippen molar-refractivity contribution in [1.29, 1.82) is 0 Å². The lowest BCUT2D eigenvalue weighted by Crippen LogP contribution is -2.33. The first-order valence-corrected chi connectivity index (χ1v) is 20.1. The Balaban J connectivity index is 2.13. The molecule has 1 rings (SSSR count). The second-order valence-corrected chi connectivity index (χ2v) is 14.9. The van der Waals surface area contributed by atoms with Crippen molar-refractivity contribution < 1.29 is 4.79 Å². The number of nitrogens with zero attached hydrogens (tertiary/aromatic N) is 1. The summed E-state index contributed by atoms with van der Waals surface area (Å²) in [4.78, 5) is 15.0. The van der Waals surface area contributed by atoms with Crippen LogP contribution in [0.25, 0.3) is 0 Å². The first-order valence-electron chi connectivity index (χ1n) is 17.9. The third kappa shape index (κ3) is 25.8. The predicted octanol–water partition coefficient (Wildman–Crippen LogP) is 10.7. The zero-order valence-corrected chi connectivity index (χ0v) is 28.8. The quantitative estimate of drug-likeness (QED) is 0.0805. The van der Waals surface area contributed by atoms with Gasteiger partial charge in [-0.1, -0.05) is 129 Å². The van der Waals surface area contributed by atoms with Gasteiger partial charge in [-0.25, -0.2) is 0 Å². The number of carbonyl (C=O) groups excluding carboxylic acids is 1. The van der Waals surface area contributed by atoms with Crippen LogP contribution in [-0.4, -0.2) is 59.5 Å². The van der Waals surface area contributed by atoms with Crippen molar-refractivity contribution in [2.24, 2.45) is 0 Å². The summed E-state index contributed by atoms with van der Waals surface area (Å²) >= 11 is 4.31. The van der Waals surface area contributed by atoms with Crippen LogP contribution in [0.2, 0.25) is 0 Å². The maximum Gasteiger partial charge on any atom is 0.220 e. The molecular weight excluding hydrogens is 529 g/mol. The molecule has 1 aliphatic heterocycles. The molecule has 1 atom stereocenters. The lowest BCUT2D eigenvalue weighted by atomic mass is 10.1. The molecular formula is C35H70N2OS2. The summed E-state index contributed by atoms with van der Waals surface area (Å²) in [6.45, 7) is 8.87. The molecule has 40 heavy (non-hydrogen) atoms. The van der Waals surface area contributed by atoms with Crippen LogP contribution in [0.1, 0.15) is 168 Å². The van der Waals surface area contributed by atoms with Gasteiger partial charge in [0.2, 0.25) is 5.91 Å². The molecule has 0 aromatic rings. The van der Waals surface area contributed by atoms with Crippen molar-refractivity contribution in [3.63, 3.8) is 0 Å². The van der Waals surface area contributed by atoms with E-state index in [0.717, 1.165) is 19.5 Å². The summed E-state index contributed by atoms with van der Waals surface area (Å²) in [6, 6.07) is 0. The van der Waals surface area contributed by atoms with E-state index >= 15 is 0 Å². The zero-order chi connectivity index (χ0) is 28.8. The number of thioether (sulfide) groups is 2. The molecule has 0 aromatic heterocycles. The predicted molar refractivity (Wildman–Crippen MR) is 185 cm³/mol. The highest BCUT2D eigenvalue weighted by Gasteiger charge is 2.14. The molecule has 0 spiro atoms. The standard InChI is InChI=1S/C35H70N2OS2/c1-3-5-7-9-11-13-15-17-19-23-31-39-33-34(25-26-35(38)36-27-30-37-28-21-22-29-37)40-32-24-20-18-16-14-12-10-8-6-4-2/h34H,3-33H2,1-2H3,(H,36,38). The summed E-state index contributed by atoms with van der Waals surface area (Å²) in [5.41, 5.74) is 0. The van der Waals surface area contributed by atoms with E-state index in [1.54, 1.807) is 0 Å². The molecule has 1 saturated heterocycles. The van der Waals surface area contributed by atoms with E-state index in [0.29, 0.717) is 11.7 Å². The number of hydrogen-bond acceptors (Lipinski definition) is 4. The Morgan fingerprint density at radius 1 is 0.675 bits per heavy atom. The van der Waals surface area contributed by atoms with E-state index in [2.05, 4.69) is 47.6 Å². The first-order chi connectivity index (χ1) is 19.8. The van der Waals surface area contributed by atoms with Crippen LogP contribution in [0.15, 0.2) is 0 Å². The largest absolute Gasteiger partial charge is 0.355 e. The van der Waals surface area contributed by atoms with Crippen LogP contribution in [0, 0.1) is 0 Å². The van der Waals surface area contributed by atoms with E-state index in [9.17, 15) is 4.79 Å². The molecule has 1 amide bonds. The number of rotatable bonds is 31. The average molecular weight is 599 g/mol. The van der Waals surface area contributed by atoms with Gasteiger partial charge in [0.15, 0.2) is 0 Å². The molecule has 3 nitrogen and oxygen atoms in total. The topological polar surface area (TPSA) is 32.3 Å². The number of amides is 1. The number of unbranched alkanes of at least 4 members (excludes halogenated alkanes) is 18. The highest BCUT2D eigenvalue weighted by Crippen LogP contribution is 2.24. The number of nitrogens with one attached hydrogen (secondary N) is 1. The minimum atomic E-state index is 0.267. The Morgan fingerprint density at radius 2 is 1.15 bits per heavy atom. The van der Waals surface area contributed by atoms with Crippen LogP contribution >= 0.6 is 23.5 Å². The zero-order valence-electron chi connectivity index (χ0n) is 27.2. The van der Waals surface area contributed by atoms with Gasteiger partial charge in [-0.05, 0) is 56.7 Å². The van der Waals surface area contributed by atoms with Crippen molar-refractivity contribution in [3.05, 3.63) is 0 Å². The molecule has 0 bridgehead atoms. The normalized spacial score (nSPS) is 14.7. The van der Waals surface area contributed by atoms with Crippen LogP contribution in [0.3, 0.4) is 0 Å². The minimum Gasteiger partial charge on any atom is -0.355 e. The van der Waals surface area contributed by atoms with Gasteiger partial charge in [0, 0.05) is 30.5 Å². The first kappa shape index (κ1) is 38.2. The monoisotopic (exact) mass is 598 g/mol. The lowest BCUT2D eigenvalue weighted by molar-refractivity contribution is -0.121. The number of likely N-dealkylation sites (tertiary alicyclic amines) is 1. The number of carbonyl (C=O) groups is 1. The molecule has 1 heterocycles. The van der Waals surface area contributed by atoms with Crippen LogP contribution < -0.4 is 5.32 Å². The summed E-state index contributed by atoms with van der Waals surface area (Å²) in [7, 11) is 0. The van der Waals surface area contributed by atoms with Gasteiger partial charge in [0.05, 0.1) is 0 Å². The van der Waals surface area contributed by atoms with E-state index in [1.807, 2.05) is 0 Å². The molecule has 0 saturated carbocycles. The number of hydrogen-bond donors (Lipinski definition) is 1. The SMILES string of the molecule is CCCCCCCCCCCCSCC(CCC(=O)NCCN1CCCC1)SCCCCCCCCCCCC. The highest BCUT2D eigenvalue weighted by molar-refractivity contribution is 8.03. The van der Waals surface area contributed by atoms with Crippen LogP contribution in [0.5, 0.6) is 0 Å². The fourth-order valence-electron chi connectivity index (χ4n) is 5.70. The fraction of sp³-hybridized carbons (Fsp3) is 0.971. The Hall–Kier alpha value is 0.130. The van der Waals surface area contributed by atoms with Gasteiger partial charge in [-0.3, -0.25) is 4.79 Å². The molecule has 0 aliphatic carbocycles. The van der Waals surface area contributed by atoms with Crippen molar-refractivity contribution in [1.82, 2.24) is 10.2 Å². The van der Waals surface area contributed by atoms with Crippen molar-refractivity contribution in [2.45, 2.75) is 173 Å². The van der Waals surface area contributed by atoms with Crippen molar-refractivity contribution in [2.75, 3.05) is 43.4 Å². The van der Waals surface area contributed by atoms with Gasteiger partial charge < -0.3 is 10.2 Å². The Bertz CT molecular complexity index is 528. The highest BCUT2D eigenvalue weighted by atomic mass is 32.2. The van der Waals surface area contributed by atoms with Crippen LogP contribution in [-0.2, 0) is 4.79 Å². The maximum atomic E-state index is 12.5. The molecule has 1 aliphatic rings. The summed E-state index contributed by atoms with van der Waals surface area (Å²) in [5.74, 6) is 4.06. The van der Waals surface area contributed by atoms with E-state index in [1.165, 1.54) is 172 Å².